The zero-order chi connectivity index (χ0) is 17.9. The van der Waals surface area contributed by atoms with Crippen molar-refractivity contribution >= 4 is 43.2 Å². The largest absolute Gasteiger partial charge is 0.339 e. The summed E-state index contributed by atoms with van der Waals surface area (Å²) in [6, 6.07) is 3.36. The Bertz CT molecular complexity index is 707. The van der Waals surface area contributed by atoms with E-state index in [1.54, 1.807) is 17.0 Å². The van der Waals surface area contributed by atoms with Gasteiger partial charge in [-0.3, -0.25) is 4.79 Å². The zero-order valence-electron chi connectivity index (χ0n) is 14.0. The normalized spacial score (nSPS) is 17.0. The fourth-order valence-electron chi connectivity index (χ4n) is 2.84. The fraction of sp³-hybridized carbons (Fsp3) is 0.562. The molecule has 0 unspecified atom stereocenters. The van der Waals surface area contributed by atoms with Crippen LogP contribution in [0, 0.1) is 5.92 Å². The minimum atomic E-state index is -3.45. The molecule has 0 atom stereocenters. The molecule has 1 fully saturated rings. The number of thiophene rings is 1. The summed E-state index contributed by atoms with van der Waals surface area (Å²) in [6.45, 7) is 9.72. The number of nitrogens with zero attached hydrogens (tertiary/aromatic N) is 2. The van der Waals surface area contributed by atoms with E-state index in [0.29, 0.717) is 43.2 Å². The van der Waals surface area contributed by atoms with Gasteiger partial charge in [-0.05, 0) is 54.8 Å². The maximum atomic E-state index is 12.6. The third-order valence-corrected chi connectivity index (χ3v) is 8.09. The second-order valence-corrected chi connectivity index (χ2v) is 10.7. The Morgan fingerprint density at radius 1 is 1.42 bits per heavy atom. The molecule has 1 aliphatic rings. The molecule has 2 heterocycles. The summed E-state index contributed by atoms with van der Waals surface area (Å²) in [5.74, 6) is 0.00207. The van der Waals surface area contributed by atoms with Gasteiger partial charge in [0, 0.05) is 32.1 Å². The standard InChI is InChI=1S/C16H23BrN2O3S2/c1-4-18(11-12(2)3)16(20)13-7-9-19(10-8-13)24(21,22)15-6-5-14(17)23-15/h5-6,13H,2,4,7-11H2,1,3H3. The van der Waals surface area contributed by atoms with Gasteiger partial charge < -0.3 is 4.90 Å². The van der Waals surface area contributed by atoms with Crippen LogP contribution in [0.25, 0.3) is 0 Å². The summed E-state index contributed by atoms with van der Waals surface area (Å²) in [5.41, 5.74) is 0.952. The number of likely N-dealkylation sites (N-methyl/N-ethyl adjacent to an activating group) is 1. The van der Waals surface area contributed by atoms with Crippen LogP contribution in [0.4, 0.5) is 0 Å². The van der Waals surface area contributed by atoms with E-state index in [0.717, 1.165) is 9.36 Å². The third kappa shape index (κ3) is 4.47. The molecule has 1 amide bonds. The van der Waals surface area contributed by atoms with Crippen LogP contribution in [0.2, 0.25) is 0 Å². The number of sulfonamides is 1. The van der Waals surface area contributed by atoms with Crippen LogP contribution in [0.3, 0.4) is 0 Å². The Labute approximate surface area is 156 Å². The summed E-state index contributed by atoms with van der Waals surface area (Å²) in [4.78, 5) is 14.4. The monoisotopic (exact) mass is 434 g/mol. The minimum absolute atomic E-state index is 0.106. The number of hydrogen-bond acceptors (Lipinski definition) is 4. The highest BCUT2D eigenvalue weighted by molar-refractivity contribution is 9.11. The molecular weight excluding hydrogens is 412 g/mol. The first-order valence-electron chi connectivity index (χ1n) is 7.94. The van der Waals surface area contributed by atoms with Gasteiger partial charge in [0.05, 0.1) is 3.79 Å². The van der Waals surface area contributed by atoms with Crippen molar-refractivity contribution in [2.45, 2.75) is 30.9 Å². The van der Waals surface area contributed by atoms with Gasteiger partial charge in [-0.2, -0.15) is 4.31 Å². The van der Waals surface area contributed by atoms with E-state index >= 15 is 0 Å². The first-order valence-corrected chi connectivity index (χ1v) is 11.0. The lowest BCUT2D eigenvalue weighted by atomic mass is 9.96. The molecule has 1 aromatic heterocycles. The zero-order valence-corrected chi connectivity index (χ0v) is 17.2. The Kier molecular flexibility index (Phi) is 6.64. The van der Waals surface area contributed by atoms with Gasteiger partial charge in [-0.1, -0.05) is 12.2 Å². The molecule has 0 aromatic carbocycles. The summed E-state index contributed by atoms with van der Waals surface area (Å²) in [5, 5.41) is 0. The fourth-order valence-corrected chi connectivity index (χ4v) is 6.47. The molecule has 0 radical (unpaired) electrons. The number of amides is 1. The molecule has 0 saturated carbocycles. The summed E-state index contributed by atoms with van der Waals surface area (Å²) in [6.07, 6.45) is 1.13. The topological polar surface area (TPSA) is 57.7 Å². The van der Waals surface area contributed by atoms with E-state index in [-0.39, 0.29) is 11.8 Å². The Morgan fingerprint density at radius 2 is 2.04 bits per heavy atom. The molecule has 2 rings (SSSR count). The van der Waals surface area contributed by atoms with Gasteiger partial charge in [-0.15, -0.1) is 11.3 Å². The van der Waals surface area contributed by atoms with E-state index in [2.05, 4.69) is 22.5 Å². The number of carbonyl (C=O) groups is 1. The molecule has 5 nitrogen and oxygen atoms in total. The number of rotatable bonds is 6. The van der Waals surface area contributed by atoms with Gasteiger partial charge in [0.25, 0.3) is 10.0 Å². The second-order valence-electron chi connectivity index (χ2n) is 6.05. The second kappa shape index (κ2) is 8.12. The van der Waals surface area contributed by atoms with Gasteiger partial charge in [0.2, 0.25) is 5.91 Å². The molecular formula is C16H23BrN2O3S2. The first-order chi connectivity index (χ1) is 11.3. The first kappa shape index (κ1) is 19.6. The molecule has 1 aromatic rings. The molecule has 24 heavy (non-hydrogen) atoms. The van der Waals surface area contributed by atoms with Gasteiger partial charge in [-0.25, -0.2) is 8.42 Å². The van der Waals surface area contributed by atoms with E-state index in [1.807, 2.05) is 13.8 Å². The number of hydrogen-bond donors (Lipinski definition) is 0. The maximum Gasteiger partial charge on any atom is 0.252 e. The van der Waals surface area contributed by atoms with Crippen LogP contribution in [0.1, 0.15) is 26.7 Å². The SMILES string of the molecule is C=C(C)CN(CC)C(=O)C1CCN(S(=O)(=O)c2ccc(Br)s2)CC1. The lowest BCUT2D eigenvalue weighted by molar-refractivity contribution is -0.136. The van der Waals surface area contributed by atoms with E-state index in [9.17, 15) is 13.2 Å². The molecule has 8 heteroatoms. The Morgan fingerprint density at radius 3 is 2.50 bits per heavy atom. The van der Waals surface area contributed by atoms with Gasteiger partial charge >= 0.3 is 0 Å². The number of piperidine rings is 1. The smallest absolute Gasteiger partial charge is 0.252 e. The van der Waals surface area contributed by atoms with Crippen molar-refractivity contribution in [1.82, 2.24) is 9.21 Å². The lowest BCUT2D eigenvalue weighted by Gasteiger charge is -2.33. The Balaban J connectivity index is 2.00. The van der Waals surface area contributed by atoms with Crippen molar-refractivity contribution in [2.75, 3.05) is 26.2 Å². The number of carbonyl (C=O) groups excluding carboxylic acids is 1. The van der Waals surface area contributed by atoms with Crippen LogP contribution in [-0.2, 0) is 14.8 Å². The van der Waals surface area contributed by atoms with Gasteiger partial charge in [0.15, 0.2) is 0 Å². The van der Waals surface area contributed by atoms with Crippen molar-refractivity contribution in [1.29, 1.82) is 0 Å². The third-order valence-electron chi connectivity index (χ3n) is 4.10. The Hall–Kier alpha value is -0.700. The molecule has 1 saturated heterocycles. The predicted octanol–water partition coefficient (Wildman–Crippen LogP) is 3.34. The molecule has 0 aliphatic carbocycles. The highest BCUT2D eigenvalue weighted by Crippen LogP contribution is 2.31. The van der Waals surface area contributed by atoms with Crippen molar-refractivity contribution in [3.05, 3.63) is 28.1 Å². The van der Waals surface area contributed by atoms with Crippen LogP contribution < -0.4 is 0 Å². The summed E-state index contributed by atoms with van der Waals surface area (Å²) < 4.78 is 27.9. The molecule has 0 N–H and O–H groups in total. The highest BCUT2D eigenvalue weighted by atomic mass is 79.9. The number of halogens is 1. The van der Waals surface area contributed by atoms with Gasteiger partial charge in [0.1, 0.15) is 4.21 Å². The van der Waals surface area contributed by atoms with Crippen LogP contribution in [0.5, 0.6) is 0 Å². The molecule has 134 valence electrons. The van der Waals surface area contributed by atoms with E-state index in [1.165, 1.54) is 15.6 Å². The maximum absolute atomic E-state index is 12.6. The van der Waals surface area contributed by atoms with Crippen molar-refractivity contribution in [2.24, 2.45) is 5.92 Å². The average molecular weight is 435 g/mol. The highest BCUT2D eigenvalue weighted by Gasteiger charge is 2.34. The van der Waals surface area contributed by atoms with E-state index < -0.39 is 10.0 Å². The molecule has 0 spiro atoms. The molecule has 0 bridgehead atoms. The van der Waals surface area contributed by atoms with E-state index in [4.69, 9.17) is 0 Å². The van der Waals surface area contributed by atoms with Crippen LogP contribution in [0.15, 0.2) is 32.3 Å². The molecule has 1 aliphatic heterocycles. The summed E-state index contributed by atoms with van der Waals surface area (Å²) in [7, 11) is -3.45. The summed E-state index contributed by atoms with van der Waals surface area (Å²) >= 11 is 4.51. The quantitative estimate of drug-likeness (QED) is 0.644. The lowest BCUT2D eigenvalue weighted by Crippen LogP contribution is -2.44. The average Bonchev–Trinajstić information content (AvgIpc) is 2.99. The van der Waals surface area contributed by atoms with Crippen molar-refractivity contribution in [3.63, 3.8) is 0 Å². The van der Waals surface area contributed by atoms with Crippen LogP contribution >= 0.6 is 27.3 Å². The predicted molar refractivity (Wildman–Crippen MR) is 101 cm³/mol. The van der Waals surface area contributed by atoms with Crippen molar-refractivity contribution < 1.29 is 13.2 Å². The minimum Gasteiger partial charge on any atom is -0.339 e. The van der Waals surface area contributed by atoms with Crippen LogP contribution in [-0.4, -0.2) is 49.7 Å². The van der Waals surface area contributed by atoms with Crippen molar-refractivity contribution in [3.8, 4) is 0 Å².